The number of hydrogen-bond donors (Lipinski definition) is 0. The molecule has 0 N–H and O–H groups in total. The molecule has 0 spiro atoms. The molecule has 0 aromatic heterocycles. The van der Waals surface area contributed by atoms with E-state index in [1.807, 2.05) is 0 Å². The first kappa shape index (κ1) is 24.6. The molecule has 0 aliphatic heterocycles. The fraction of sp³-hybridized carbons (Fsp3) is 0.909. The first-order chi connectivity index (χ1) is 11.1. The van der Waals surface area contributed by atoms with Crippen LogP contribution in [-0.2, 0) is 9.53 Å². The van der Waals surface area contributed by atoms with Crippen LogP contribution in [-0.4, -0.2) is 42.4 Å². The Morgan fingerprint density at radius 3 is 1.23 bits per heavy atom. The zero-order chi connectivity index (χ0) is 21.6. The topological polar surface area (TPSA) is 26.3 Å². The third-order valence-electron chi connectivity index (χ3n) is 3.42. The molecule has 2 nitrogen and oxygen atoms in total. The van der Waals surface area contributed by atoms with E-state index in [1.54, 1.807) is 0 Å². The number of halogens is 13. The Bertz CT molecular complexity index is 490. The molecule has 0 aliphatic carbocycles. The monoisotopic (exact) mass is 420 g/mol. The first-order valence-electron chi connectivity index (χ1n) is 6.24. The van der Waals surface area contributed by atoms with Crippen LogP contribution in [0.15, 0.2) is 0 Å². The summed E-state index contributed by atoms with van der Waals surface area (Å²) in [5.74, 6) is -17.2. The molecule has 0 saturated carbocycles. The largest absolute Gasteiger partial charge is 0.457 e. The molecular formula is C11H9F13O2. The number of carbonyl (C=O) groups is 1. The summed E-state index contributed by atoms with van der Waals surface area (Å²) < 4.78 is 167. The lowest BCUT2D eigenvalue weighted by Crippen LogP contribution is -2.63. The smallest absolute Gasteiger partial charge is 0.448 e. The average Bonchev–Trinajstić information content (AvgIpc) is 2.39. The van der Waals surface area contributed by atoms with Gasteiger partial charge in [-0.1, -0.05) is 6.92 Å². The summed E-state index contributed by atoms with van der Waals surface area (Å²) in [6, 6.07) is 0. The van der Waals surface area contributed by atoms with Crippen molar-refractivity contribution in [3.8, 4) is 0 Å². The van der Waals surface area contributed by atoms with Crippen molar-refractivity contribution >= 4 is 5.97 Å². The second-order valence-electron chi connectivity index (χ2n) is 5.21. The van der Waals surface area contributed by atoms with Gasteiger partial charge in [-0.05, 0) is 13.3 Å². The summed E-state index contributed by atoms with van der Waals surface area (Å²) in [7, 11) is 0. The van der Waals surface area contributed by atoms with Gasteiger partial charge < -0.3 is 4.74 Å². The second kappa shape index (κ2) is 6.62. The van der Waals surface area contributed by atoms with E-state index < -0.39 is 54.3 Å². The summed E-state index contributed by atoms with van der Waals surface area (Å²) in [4.78, 5) is 11.4. The first-order valence-corrected chi connectivity index (χ1v) is 6.24. The number of hydrogen-bond acceptors (Lipinski definition) is 2. The van der Waals surface area contributed by atoms with Crippen molar-refractivity contribution in [2.45, 2.75) is 56.7 Å². The number of esters is 1. The van der Waals surface area contributed by atoms with Crippen molar-refractivity contribution in [3.63, 3.8) is 0 Å². The molecule has 0 bridgehead atoms. The molecule has 1 atom stereocenters. The van der Waals surface area contributed by atoms with Crippen molar-refractivity contribution in [2.75, 3.05) is 0 Å². The van der Waals surface area contributed by atoms with E-state index in [0.717, 1.165) is 0 Å². The summed E-state index contributed by atoms with van der Waals surface area (Å²) in [5, 5.41) is 0. The number of alkyl halides is 13. The lowest BCUT2D eigenvalue weighted by molar-refractivity contribution is -0.387. The predicted molar refractivity (Wildman–Crippen MR) is 56.3 cm³/mol. The molecule has 0 radical (unpaired) electrons. The summed E-state index contributed by atoms with van der Waals surface area (Å²) in [5.41, 5.74) is -3.91. The highest BCUT2D eigenvalue weighted by Gasteiger charge is 2.78. The van der Waals surface area contributed by atoms with Gasteiger partial charge >= 0.3 is 36.3 Å². The van der Waals surface area contributed by atoms with Gasteiger partial charge in [0.1, 0.15) is 0 Å². The highest BCUT2D eigenvalue weighted by Crippen LogP contribution is 2.51. The molecule has 26 heavy (non-hydrogen) atoms. The Labute approximate surface area is 136 Å². The standard InChI is InChI=1S/C11H9F13O2/c1-3-6(2,9(16,17)18)5(25)26-4(7(12,13)10(19,20)21)8(14,15)11(22,23)24/h4H,3H2,1-2H3. The van der Waals surface area contributed by atoms with Crippen LogP contribution in [0.3, 0.4) is 0 Å². The van der Waals surface area contributed by atoms with E-state index in [1.165, 1.54) is 0 Å². The molecule has 0 heterocycles. The van der Waals surface area contributed by atoms with Gasteiger partial charge in [0.25, 0.3) is 0 Å². The van der Waals surface area contributed by atoms with E-state index in [0.29, 0.717) is 6.92 Å². The van der Waals surface area contributed by atoms with Crippen molar-refractivity contribution in [2.24, 2.45) is 5.41 Å². The molecule has 0 saturated heterocycles. The van der Waals surface area contributed by atoms with Crippen molar-refractivity contribution in [3.05, 3.63) is 0 Å². The molecule has 1 unspecified atom stereocenters. The minimum Gasteiger partial charge on any atom is -0.448 e. The zero-order valence-corrected chi connectivity index (χ0v) is 12.5. The molecule has 156 valence electrons. The molecule has 0 aromatic carbocycles. The van der Waals surface area contributed by atoms with Crippen LogP contribution in [0.5, 0.6) is 0 Å². The quantitative estimate of drug-likeness (QED) is 0.448. The zero-order valence-electron chi connectivity index (χ0n) is 12.5. The lowest BCUT2D eigenvalue weighted by Gasteiger charge is -2.37. The summed E-state index contributed by atoms with van der Waals surface area (Å²) in [6.45, 7) is 0.428. The normalized spacial score (nSPS) is 17.2. The second-order valence-corrected chi connectivity index (χ2v) is 5.21. The fourth-order valence-corrected chi connectivity index (χ4v) is 1.37. The molecule has 0 fully saturated rings. The van der Waals surface area contributed by atoms with Gasteiger partial charge in [-0.15, -0.1) is 0 Å². The van der Waals surface area contributed by atoms with E-state index in [2.05, 4.69) is 4.74 Å². The Morgan fingerprint density at radius 1 is 0.731 bits per heavy atom. The van der Waals surface area contributed by atoms with E-state index in [4.69, 9.17) is 0 Å². The average molecular weight is 420 g/mol. The lowest BCUT2D eigenvalue weighted by atomic mass is 9.86. The van der Waals surface area contributed by atoms with E-state index >= 15 is 0 Å². The third-order valence-corrected chi connectivity index (χ3v) is 3.42. The Morgan fingerprint density at radius 2 is 1.04 bits per heavy atom. The van der Waals surface area contributed by atoms with Gasteiger partial charge in [0.15, 0.2) is 5.41 Å². The van der Waals surface area contributed by atoms with Crippen LogP contribution in [0, 0.1) is 5.41 Å². The van der Waals surface area contributed by atoms with Gasteiger partial charge in [0.2, 0.25) is 6.10 Å². The Hall–Kier alpha value is -1.44. The minimum atomic E-state index is -7.09. The molecule has 0 amide bonds. The van der Waals surface area contributed by atoms with Crippen LogP contribution in [0.1, 0.15) is 20.3 Å². The maximum absolute atomic E-state index is 13.1. The maximum Gasteiger partial charge on any atom is 0.457 e. The fourth-order valence-electron chi connectivity index (χ4n) is 1.37. The number of carbonyl (C=O) groups excluding carboxylic acids is 1. The highest BCUT2D eigenvalue weighted by atomic mass is 19.4. The molecular weight excluding hydrogens is 411 g/mol. The van der Waals surface area contributed by atoms with Crippen LogP contribution in [0.25, 0.3) is 0 Å². The van der Waals surface area contributed by atoms with Gasteiger partial charge in [-0.3, -0.25) is 4.79 Å². The Kier molecular flexibility index (Phi) is 6.25. The van der Waals surface area contributed by atoms with Crippen LogP contribution < -0.4 is 0 Å². The molecule has 0 rings (SSSR count). The maximum atomic E-state index is 13.1. The molecule has 0 aromatic rings. The summed E-state index contributed by atoms with van der Waals surface area (Å²) in [6.07, 6.45) is -26.9. The number of ether oxygens (including phenoxy) is 1. The van der Waals surface area contributed by atoms with E-state index in [-0.39, 0.29) is 6.92 Å². The van der Waals surface area contributed by atoms with Gasteiger partial charge in [0, 0.05) is 0 Å². The predicted octanol–water partition coefficient (Wildman–Crippen LogP) is 5.27. The SMILES string of the molecule is CCC(C)(C(=O)OC(C(F)(F)C(F)(F)F)C(F)(F)C(F)(F)F)C(F)(F)F. The van der Waals surface area contributed by atoms with Gasteiger partial charge in [-0.25, -0.2) is 0 Å². The Balaban J connectivity index is 6.30. The minimum absolute atomic E-state index is 0.121. The third kappa shape index (κ3) is 4.10. The number of rotatable bonds is 5. The van der Waals surface area contributed by atoms with Crippen molar-refractivity contribution < 1.29 is 66.6 Å². The molecule has 0 aliphatic rings. The van der Waals surface area contributed by atoms with E-state index in [9.17, 15) is 61.9 Å². The molecule has 15 heteroatoms. The summed E-state index contributed by atoms with van der Waals surface area (Å²) >= 11 is 0. The van der Waals surface area contributed by atoms with Crippen LogP contribution >= 0.6 is 0 Å². The van der Waals surface area contributed by atoms with Gasteiger partial charge in [-0.2, -0.15) is 57.1 Å². The van der Waals surface area contributed by atoms with Crippen LogP contribution in [0.2, 0.25) is 0 Å². The highest BCUT2D eigenvalue weighted by molar-refractivity contribution is 5.77. The van der Waals surface area contributed by atoms with Crippen molar-refractivity contribution in [1.82, 2.24) is 0 Å². The van der Waals surface area contributed by atoms with Gasteiger partial charge in [0.05, 0.1) is 0 Å². The van der Waals surface area contributed by atoms with Crippen molar-refractivity contribution in [1.29, 1.82) is 0 Å². The van der Waals surface area contributed by atoms with Crippen LogP contribution in [0.4, 0.5) is 57.1 Å².